The van der Waals surface area contributed by atoms with Gasteiger partial charge in [-0.05, 0) is 49.5 Å². The summed E-state index contributed by atoms with van der Waals surface area (Å²) in [5.74, 6) is 0. The fourth-order valence-corrected chi connectivity index (χ4v) is 4.13. The molecule has 0 saturated carbocycles. The van der Waals surface area contributed by atoms with E-state index in [0.29, 0.717) is 12.1 Å². The number of alkyl halides is 3. The molecule has 1 N–H and O–H groups in total. The van der Waals surface area contributed by atoms with E-state index in [1.165, 1.54) is 0 Å². The van der Waals surface area contributed by atoms with Gasteiger partial charge < -0.3 is 0 Å². The molecule has 0 bridgehead atoms. The minimum atomic E-state index is -4.53. The van der Waals surface area contributed by atoms with Crippen LogP contribution in [0.25, 0.3) is 10.9 Å². The summed E-state index contributed by atoms with van der Waals surface area (Å²) < 4.78 is 66.1. The Morgan fingerprint density at radius 2 is 1.63 bits per heavy atom. The summed E-state index contributed by atoms with van der Waals surface area (Å²) >= 11 is 0. The van der Waals surface area contributed by atoms with Crippen LogP contribution in [0.3, 0.4) is 0 Å². The Labute approximate surface area is 173 Å². The number of halogens is 3. The molecule has 30 heavy (non-hydrogen) atoms. The zero-order valence-corrected chi connectivity index (χ0v) is 17.4. The number of anilines is 1. The van der Waals surface area contributed by atoms with Crippen LogP contribution in [-0.2, 0) is 22.7 Å². The van der Waals surface area contributed by atoms with Crippen molar-refractivity contribution < 1.29 is 21.6 Å². The third kappa shape index (κ3) is 4.91. The maximum atomic E-state index is 12.7. The average molecular weight is 437 g/mol. The number of sulfonamides is 1. The molecule has 1 heterocycles. The van der Waals surface area contributed by atoms with Crippen LogP contribution in [0.5, 0.6) is 0 Å². The van der Waals surface area contributed by atoms with E-state index in [9.17, 15) is 21.6 Å². The summed E-state index contributed by atoms with van der Waals surface area (Å²) in [5.41, 5.74) is 0.646. The van der Waals surface area contributed by atoms with Crippen molar-refractivity contribution in [2.45, 2.75) is 31.5 Å². The number of benzene rings is 2. The van der Waals surface area contributed by atoms with Gasteiger partial charge in [0, 0.05) is 11.9 Å². The molecule has 0 amide bonds. The molecule has 160 valence electrons. The van der Waals surface area contributed by atoms with Crippen molar-refractivity contribution in [2.75, 3.05) is 17.8 Å². The van der Waals surface area contributed by atoms with Gasteiger partial charge in [-0.2, -0.15) is 13.2 Å². The van der Waals surface area contributed by atoms with Crippen molar-refractivity contribution in [3.63, 3.8) is 0 Å². The number of aromatic nitrogens is 1. The fourth-order valence-electron chi connectivity index (χ4n) is 3.06. The van der Waals surface area contributed by atoms with E-state index in [1.807, 2.05) is 32.0 Å². The summed E-state index contributed by atoms with van der Waals surface area (Å²) in [6, 6.07) is 12.2. The Kier molecular flexibility index (Phi) is 6.33. The number of para-hydroxylation sites is 1. The predicted octanol–water partition coefficient (Wildman–Crippen LogP) is 4.90. The third-order valence-corrected chi connectivity index (χ3v) is 6.18. The number of nitrogens with one attached hydrogen (secondary N) is 1. The molecule has 0 radical (unpaired) electrons. The molecule has 0 atom stereocenters. The van der Waals surface area contributed by atoms with E-state index in [4.69, 9.17) is 0 Å². The Morgan fingerprint density at radius 3 is 2.23 bits per heavy atom. The lowest BCUT2D eigenvalue weighted by atomic mass is 10.1. The van der Waals surface area contributed by atoms with Crippen LogP contribution in [0.1, 0.15) is 25.1 Å². The van der Waals surface area contributed by atoms with Gasteiger partial charge in [-0.15, -0.1) is 0 Å². The SMILES string of the molecule is CCN(CC)Cc1ccc2cccc(NS(=O)(=O)c3ccc(C(F)(F)F)cc3)c2n1. The van der Waals surface area contributed by atoms with Crippen molar-refractivity contribution in [1.82, 2.24) is 9.88 Å². The third-order valence-electron chi connectivity index (χ3n) is 4.79. The zero-order valence-electron chi connectivity index (χ0n) is 16.6. The molecule has 9 heteroatoms. The van der Waals surface area contributed by atoms with Crippen LogP contribution in [0.15, 0.2) is 59.5 Å². The molecule has 2 aromatic carbocycles. The first-order valence-electron chi connectivity index (χ1n) is 9.45. The monoisotopic (exact) mass is 437 g/mol. The van der Waals surface area contributed by atoms with Gasteiger partial charge in [-0.25, -0.2) is 13.4 Å². The van der Waals surface area contributed by atoms with E-state index in [1.54, 1.807) is 12.1 Å². The van der Waals surface area contributed by atoms with Gasteiger partial charge >= 0.3 is 6.18 Å². The van der Waals surface area contributed by atoms with Crippen molar-refractivity contribution in [3.8, 4) is 0 Å². The molecular weight excluding hydrogens is 415 g/mol. The highest BCUT2D eigenvalue weighted by Crippen LogP contribution is 2.30. The Hall–Kier alpha value is -2.65. The van der Waals surface area contributed by atoms with Crippen LogP contribution in [0.2, 0.25) is 0 Å². The first-order valence-corrected chi connectivity index (χ1v) is 10.9. The molecular formula is C21H22F3N3O2S. The van der Waals surface area contributed by atoms with Crippen LogP contribution in [0, 0.1) is 0 Å². The van der Waals surface area contributed by atoms with Gasteiger partial charge in [0.2, 0.25) is 0 Å². The lowest BCUT2D eigenvalue weighted by Gasteiger charge is -2.18. The molecule has 3 rings (SSSR count). The molecule has 0 spiro atoms. The van der Waals surface area contributed by atoms with E-state index < -0.39 is 21.8 Å². The van der Waals surface area contributed by atoms with Gasteiger partial charge in [0.15, 0.2) is 0 Å². The minimum Gasteiger partial charge on any atom is -0.298 e. The minimum absolute atomic E-state index is 0.258. The molecule has 0 aliphatic rings. The Balaban J connectivity index is 1.94. The second-order valence-corrected chi connectivity index (χ2v) is 8.45. The molecule has 0 aliphatic heterocycles. The molecule has 3 aromatic rings. The Bertz CT molecular complexity index is 1130. The average Bonchev–Trinajstić information content (AvgIpc) is 2.71. The molecule has 0 fully saturated rings. The molecule has 1 aromatic heterocycles. The summed E-state index contributed by atoms with van der Waals surface area (Å²) in [6.45, 7) is 6.45. The molecule has 0 unspecified atom stereocenters. The summed E-state index contributed by atoms with van der Waals surface area (Å²) in [4.78, 5) is 6.54. The second-order valence-electron chi connectivity index (χ2n) is 6.77. The first kappa shape index (κ1) is 22.0. The number of hydrogen-bond acceptors (Lipinski definition) is 4. The maximum Gasteiger partial charge on any atom is 0.416 e. The van der Waals surface area contributed by atoms with Crippen molar-refractivity contribution in [1.29, 1.82) is 0 Å². The van der Waals surface area contributed by atoms with E-state index >= 15 is 0 Å². The van der Waals surface area contributed by atoms with Gasteiger partial charge in [-0.1, -0.05) is 32.0 Å². The van der Waals surface area contributed by atoms with Crippen molar-refractivity contribution in [2.24, 2.45) is 0 Å². The van der Waals surface area contributed by atoms with E-state index in [2.05, 4.69) is 14.6 Å². The first-order chi connectivity index (χ1) is 14.1. The van der Waals surface area contributed by atoms with Crippen LogP contribution in [-0.4, -0.2) is 31.4 Å². The fraction of sp³-hybridized carbons (Fsp3) is 0.286. The number of fused-ring (bicyclic) bond motifs is 1. The highest BCUT2D eigenvalue weighted by Gasteiger charge is 2.30. The summed E-state index contributed by atoms with van der Waals surface area (Å²) in [5, 5.41) is 0.755. The Morgan fingerprint density at radius 1 is 0.967 bits per heavy atom. The van der Waals surface area contributed by atoms with Crippen LogP contribution >= 0.6 is 0 Å². The lowest BCUT2D eigenvalue weighted by Crippen LogP contribution is -2.22. The highest BCUT2D eigenvalue weighted by atomic mass is 32.2. The van der Waals surface area contributed by atoms with Gasteiger partial charge in [-0.3, -0.25) is 9.62 Å². The van der Waals surface area contributed by atoms with Crippen LogP contribution in [0.4, 0.5) is 18.9 Å². The van der Waals surface area contributed by atoms with Gasteiger partial charge in [0.1, 0.15) is 0 Å². The standard InChI is InChI=1S/C21H22F3N3O2S/c1-3-27(4-2)14-17-11-8-15-6-5-7-19(20(15)25-17)26-30(28,29)18-12-9-16(10-13-18)21(22,23)24/h5-13,26H,3-4,14H2,1-2H3. The van der Waals surface area contributed by atoms with E-state index in [0.717, 1.165) is 48.4 Å². The summed E-state index contributed by atoms with van der Waals surface area (Å²) in [6.07, 6.45) is -4.53. The number of rotatable bonds is 7. The van der Waals surface area contributed by atoms with Crippen molar-refractivity contribution >= 4 is 26.6 Å². The summed E-state index contributed by atoms with van der Waals surface area (Å²) in [7, 11) is -4.08. The maximum absolute atomic E-state index is 12.7. The molecule has 5 nitrogen and oxygen atoms in total. The molecule has 0 aliphatic carbocycles. The zero-order chi connectivity index (χ0) is 21.9. The predicted molar refractivity (Wildman–Crippen MR) is 111 cm³/mol. The number of hydrogen-bond donors (Lipinski definition) is 1. The largest absolute Gasteiger partial charge is 0.416 e. The lowest BCUT2D eigenvalue weighted by molar-refractivity contribution is -0.137. The number of nitrogens with zero attached hydrogens (tertiary/aromatic N) is 2. The van der Waals surface area contributed by atoms with Crippen LogP contribution < -0.4 is 4.72 Å². The van der Waals surface area contributed by atoms with Crippen molar-refractivity contribution in [3.05, 3.63) is 65.9 Å². The second kappa shape index (κ2) is 8.61. The smallest absolute Gasteiger partial charge is 0.298 e. The molecule has 0 saturated heterocycles. The van der Waals surface area contributed by atoms with Gasteiger partial charge in [0.25, 0.3) is 10.0 Å². The topological polar surface area (TPSA) is 62.3 Å². The normalized spacial score (nSPS) is 12.5. The highest BCUT2D eigenvalue weighted by molar-refractivity contribution is 7.92. The number of pyridine rings is 1. The van der Waals surface area contributed by atoms with Gasteiger partial charge in [0.05, 0.1) is 27.4 Å². The quantitative estimate of drug-likeness (QED) is 0.571. The van der Waals surface area contributed by atoms with E-state index in [-0.39, 0.29) is 10.6 Å².